The molecule has 0 fully saturated rings. The first-order valence-electron chi connectivity index (χ1n) is 5.35. The highest BCUT2D eigenvalue weighted by Crippen LogP contribution is 2.25. The fourth-order valence-electron chi connectivity index (χ4n) is 1.49. The molecule has 2 heteroatoms. The van der Waals surface area contributed by atoms with Crippen LogP contribution in [0.4, 0.5) is 0 Å². The van der Waals surface area contributed by atoms with E-state index in [1.54, 1.807) is 0 Å². The minimum Gasteiger partial charge on any atom is -0.260 e. The topological polar surface area (TPSA) is 12.9 Å². The zero-order valence-corrected chi connectivity index (χ0v) is 10.4. The average Bonchev–Trinajstić information content (AvgIpc) is 2.32. The normalized spacial score (nSPS) is 10.4. The van der Waals surface area contributed by atoms with Crippen molar-refractivity contribution in [3.63, 3.8) is 0 Å². The fraction of sp³-hybridized carbons (Fsp3) is 0.214. The van der Waals surface area contributed by atoms with Crippen molar-refractivity contribution in [3.8, 4) is 0 Å². The third-order valence-electron chi connectivity index (χ3n) is 2.41. The summed E-state index contributed by atoms with van der Waals surface area (Å²) in [6.07, 6.45) is 1.92. The number of hydrogen-bond donors (Lipinski definition) is 0. The smallest absolute Gasteiger partial charge is 0.0508 e. The highest BCUT2D eigenvalue weighted by Gasteiger charge is 2.01. The van der Waals surface area contributed by atoms with Gasteiger partial charge in [-0.2, -0.15) is 0 Å². The predicted molar refractivity (Wildman–Crippen MR) is 69.7 cm³/mol. The lowest BCUT2D eigenvalue weighted by Crippen LogP contribution is -1.88. The van der Waals surface area contributed by atoms with Crippen LogP contribution in [0.5, 0.6) is 0 Å². The molecule has 1 heterocycles. The van der Waals surface area contributed by atoms with Gasteiger partial charge in [0.2, 0.25) is 0 Å². The summed E-state index contributed by atoms with van der Waals surface area (Å²) in [4.78, 5) is 5.65. The molecule has 0 N–H and O–H groups in total. The fourth-order valence-corrected chi connectivity index (χ4v) is 2.54. The molecule has 1 aromatic heterocycles. The van der Waals surface area contributed by atoms with Crippen LogP contribution in [0.1, 0.15) is 16.8 Å². The van der Waals surface area contributed by atoms with Gasteiger partial charge in [0, 0.05) is 16.8 Å². The Morgan fingerprint density at radius 1 is 1.12 bits per heavy atom. The van der Waals surface area contributed by atoms with Crippen molar-refractivity contribution in [2.75, 3.05) is 0 Å². The van der Waals surface area contributed by atoms with Crippen LogP contribution in [0.3, 0.4) is 0 Å². The molecule has 0 spiro atoms. The van der Waals surface area contributed by atoms with Crippen LogP contribution in [0, 0.1) is 13.8 Å². The van der Waals surface area contributed by atoms with E-state index in [-0.39, 0.29) is 0 Å². The second-order valence-electron chi connectivity index (χ2n) is 3.87. The third-order valence-corrected chi connectivity index (χ3v) is 3.62. The van der Waals surface area contributed by atoms with Crippen LogP contribution in [0.25, 0.3) is 0 Å². The molecule has 16 heavy (non-hydrogen) atoms. The maximum atomic E-state index is 4.37. The highest BCUT2D eigenvalue weighted by molar-refractivity contribution is 7.98. The molecule has 0 bridgehead atoms. The lowest BCUT2D eigenvalue weighted by Gasteiger charge is -2.05. The Morgan fingerprint density at radius 3 is 2.62 bits per heavy atom. The number of hydrogen-bond acceptors (Lipinski definition) is 2. The quantitative estimate of drug-likeness (QED) is 0.738. The van der Waals surface area contributed by atoms with Crippen LogP contribution in [-0.2, 0) is 5.75 Å². The average molecular weight is 229 g/mol. The zero-order chi connectivity index (χ0) is 11.4. The Bertz CT molecular complexity index is 465. The predicted octanol–water partition coefficient (Wildman–Crippen LogP) is 3.99. The van der Waals surface area contributed by atoms with Gasteiger partial charge in [-0.1, -0.05) is 30.3 Å². The minimum absolute atomic E-state index is 1.01. The Labute approximate surface area is 101 Å². The Balaban J connectivity index is 2.08. The Morgan fingerprint density at radius 2 is 1.88 bits per heavy atom. The van der Waals surface area contributed by atoms with Crippen molar-refractivity contribution in [1.82, 2.24) is 4.98 Å². The summed E-state index contributed by atoms with van der Waals surface area (Å²) in [5.74, 6) is 1.01. The van der Waals surface area contributed by atoms with E-state index in [1.807, 2.05) is 24.0 Å². The Kier molecular flexibility index (Phi) is 3.62. The second-order valence-corrected chi connectivity index (χ2v) is 4.89. The van der Waals surface area contributed by atoms with Gasteiger partial charge in [0.05, 0.1) is 5.69 Å². The summed E-state index contributed by atoms with van der Waals surface area (Å²) in [5.41, 5.74) is 3.70. The molecule has 0 saturated heterocycles. The first-order chi connectivity index (χ1) is 7.75. The van der Waals surface area contributed by atoms with Crippen molar-refractivity contribution in [3.05, 3.63) is 59.4 Å². The molecule has 0 radical (unpaired) electrons. The monoisotopic (exact) mass is 229 g/mol. The van der Waals surface area contributed by atoms with E-state index < -0.39 is 0 Å². The first-order valence-corrected chi connectivity index (χ1v) is 6.34. The van der Waals surface area contributed by atoms with Crippen molar-refractivity contribution in [2.24, 2.45) is 0 Å². The molecule has 0 saturated carbocycles. The van der Waals surface area contributed by atoms with Gasteiger partial charge in [-0.15, -0.1) is 11.8 Å². The van der Waals surface area contributed by atoms with Gasteiger partial charge in [0.15, 0.2) is 0 Å². The van der Waals surface area contributed by atoms with E-state index in [1.165, 1.54) is 16.0 Å². The van der Waals surface area contributed by atoms with Crippen molar-refractivity contribution >= 4 is 11.8 Å². The van der Waals surface area contributed by atoms with Crippen molar-refractivity contribution in [2.45, 2.75) is 24.5 Å². The molecule has 0 aliphatic heterocycles. The molecule has 2 aromatic rings. The van der Waals surface area contributed by atoms with Crippen molar-refractivity contribution in [1.29, 1.82) is 0 Å². The molecule has 0 unspecified atom stereocenters. The number of pyridine rings is 1. The zero-order valence-electron chi connectivity index (χ0n) is 9.60. The van der Waals surface area contributed by atoms with Gasteiger partial charge in [-0.25, -0.2) is 0 Å². The largest absolute Gasteiger partial charge is 0.260 e. The molecule has 82 valence electrons. The van der Waals surface area contributed by atoms with E-state index in [2.05, 4.69) is 49.2 Å². The lowest BCUT2D eigenvalue weighted by atomic mass is 10.2. The van der Waals surface area contributed by atoms with Gasteiger partial charge in [0.25, 0.3) is 0 Å². The highest BCUT2D eigenvalue weighted by atomic mass is 32.2. The van der Waals surface area contributed by atoms with Crippen LogP contribution < -0.4 is 0 Å². The van der Waals surface area contributed by atoms with Crippen molar-refractivity contribution < 1.29 is 0 Å². The summed E-state index contributed by atoms with van der Waals surface area (Å²) in [5, 5.41) is 0. The number of thioether (sulfide) groups is 1. The van der Waals surface area contributed by atoms with Crippen LogP contribution >= 0.6 is 11.8 Å². The summed E-state index contributed by atoms with van der Waals surface area (Å²) in [7, 11) is 0. The molecular weight excluding hydrogens is 214 g/mol. The molecule has 0 aliphatic rings. The van der Waals surface area contributed by atoms with Gasteiger partial charge in [0.1, 0.15) is 0 Å². The molecular formula is C14H15NS. The van der Waals surface area contributed by atoms with E-state index in [0.29, 0.717) is 0 Å². The number of aromatic nitrogens is 1. The van der Waals surface area contributed by atoms with Crippen LogP contribution in [0.15, 0.2) is 47.5 Å². The van der Waals surface area contributed by atoms with Gasteiger partial charge < -0.3 is 0 Å². The second kappa shape index (κ2) is 5.17. The molecule has 0 amide bonds. The number of rotatable bonds is 3. The van der Waals surface area contributed by atoms with Crippen LogP contribution in [-0.4, -0.2) is 4.98 Å². The standard InChI is InChI=1S/C14H15NS/c1-11-8-14(12(2)15-9-11)16-10-13-6-4-3-5-7-13/h3-9H,10H2,1-2H3. The Hall–Kier alpha value is -1.28. The number of nitrogens with zero attached hydrogens (tertiary/aromatic N) is 1. The van der Waals surface area contributed by atoms with Crippen LogP contribution in [0.2, 0.25) is 0 Å². The van der Waals surface area contributed by atoms with Gasteiger partial charge in [-0.3, -0.25) is 4.98 Å². The SMILES string of the molecule is Cc1cnc(C)c(SCc2ccccc2)c1. The third kappa shape index (κ3) is 2.86. The molecule has 1 aromatic carbocycles. The van der Waals surface area contributed by atoms with E-state index in [4.69, 9.17) is 0 Å². The minimum atomic E-state index is 1.01. The summed E-state index contributed by atoms with van der Waals surface area (Å²) in [6.45, 7) is 4.14. The van der Waals surface area contributed by atoms with Gasteiger partial charge in [-0.05, 0) is 31.0 Å². The first kappa shape index (κ1) is 11.2. The molecule has 2 rings (SSSR count). The molecule has 0 aliphatic carbocycles. The number of aryl methyl sites for hydroxylation is 2. The molecule has 0 atom stereocenters. The van der Waals surface area contributed by atoms with Gasteiger partial charge >= 0.3 is 0 Å². The maximum Gasteiger partial charge on any atom is 0.0508 e. The lowest BCUT2D eigenvalue weighted by molar-refractivity contribution is 1.09. The van der Waals surface area contributed by atoms with E-state index in [9.17, 15) is 0 Å². The maximum absolute atomic E-state index is 4.37. The summed E-state index contributed by atoms with van der Waals surface area (Å²) in [6, 6.07) is 12.7. The molecule has 1 nitrogen and oxygen atoms in total. The summed E-state index contributed by atoms with van der Waals surface area (Å²) < 4.78 is 0. The number of benzene rings is 1. The van der Waals surface area contributed by atoms with E-state index in [0.717, 1.165) is 11.4 Å². The summed E-state index contributed by atoms with van der Waals surface area (Å²) >= 11 is 1.85. The van der Waals surface area contributed by atoms with E-state index >= 15 is 0 Å².